The van der Waals surface area contributed by atoms with Gasteiger partial charge in [0.15, 0.2) is 11.5 Å². The molecule has 1 N–H and O–H groups in total. The Morgan fingerprint density at radius 1 is 1.27 bits per heavy atom. The molecule has 0 atom stereocenters. The van der Waals surface area contributed by atoms with E-state index in [1.165, 1.54) is 4.88 Å². The lowest BCUT2D eigenvalue weighted by molar-refractivity contribution is 0.0941. The maximum absolute atomic E-state index is 12.7. The predicted molar refractivity (Wildman–Crippen MR) is 97.9 cm³/mol. The standard InChI is InChI=1S/C19H18N2O4S/c1-23-12-3-5-15(24-2)11(9-12)10-20-19(22)17-14-4-6-16-13(7-8-26-16)18(14)25-21-17/h3,5,7-9H,4,6,10H2,1-2H3,(H,20,22). The molecule has 0 fully saturated rings. The predicted octanol–water partition coefficient (Wildman–Crippen LogP) is 3.45. The van der Waals surface area contributed by atoms with E-state index in [-0.39, 0.29) is 5.91 Å². The molecule has 7 heteroatoms. The van der Waals surface area contributed by atoms with Gasteiger partial charge in [-0.15, -0.1) is 11.3 Å². The zero-order chi connectivity index (χ0) is 18.1. The highest BCUT2D eigenvalue weighted by Crippen LogP contribution is 2.38. The Hall–Kier alpha value is -2.80. The fraction of sp³-hybridized carbons (Fsp3) is 0.263. The molecule has 0 saturated carbocycles. The van der Waals surface area contributed by atoms with Crippen LogP contribution in [0.3, 0.4) is 0 Å². The van der Waals surface area contributed by atoms with Crippen molar-refractivity contribution in [3.05, 3.63) is 51.3 Å². The van der Waals surface area contributed by atoms with Crippen LogP contribution in [0, 0.1) is 0 Å². The van der Waals surface area contributed by atoms with Gasteiger partial charge in [0.1, 0.15) is 11.5 Å². The van der Waals surface area contributed by atoms with Crippen molar-refractivity contribution in [3.8, 4) is 22.8 Å². The van der Waals surface area contributed by atoms with Gasteiger partial charge in [-0.2, -0.15) is 0 Å². The molecule has 0 bridgehead atoms. The quantitative estimate of drug-likeness (QED) is 0.745. The van der Waals surface area contributed by atoms with Crippen molar-refractivity contribution in [1.82, 2.24) is 10.5 Å². The number of ether oxygens (including phenoxy) is 2. The number of methoxy groups -OCH3 is 2. The largest absolute Gasteiger partial charge is 0.497 e. The smallest absolute Gasteiger partial charge is 0.274 e. The zero-order valence-corrected chi connectivity index (χ0v) is 15.3. The minimum absolute atomic E-state index is 0.251. The average Bonchev–Trinajstić information content (AvgIpc) is 3.31. The number of rotatable bonds is 5. The third-order valence-electron chi connectivity index (χ3n) is 4.52. The molecular weight excluding hydrogens is 352 g/mol. The summed E-state index contributed by atoms with van der Waals surface area (Å²) in [7, 11) is 3.20. The minimum Gasteiger partial charge on any atom is -0.497 e. The molecular formula is C19H18N2O4S. The molecule has 4 rings (SSSR count). The number of carbonyl (C=O) groups is 1. The maximum atomic E-state index is 12.7. The highest BCUT2D eigenvalue weighted by molar-refractivity contribution is 7.10. The summed E-state index contributed by atoms with van der Waals surface area (Å²) in [5.74, 6) is 1.87. The molecule has 1 aliphatic rings. The summed E-state index contributed by atoms with van der Waals surface area (Å²) in [4.78, 5) is 13.9. The van der Waals surface area contributed by atoms with E-state index in [4.69, 9.17) is 14.0 Å². The van der Waals surface area contributed by atoms with Gasteiger partial charge >= 0.3 is 0 Å². The van der Waals surface area contributed by atoms with E-state index in [0.29, 0.717) is 23.7 Å². The first-order chi connectivity index (χ1) is 12.7. The first-order valence-corrected chi connectivity index (χ1v) is 9.13. The van der Waals surface area contributed by atoms with Crippen LogP contribution in [0.15, 0.2) is 34.2 Å². The summed E-state index contributed by atoms with van der Waals surface area (Å²) in [6, 6.07) is 7.49. The van der Waals surface area contributed by atoms with E-state index in [0.717, 1.165) is 35.3 Å². The number of nitrogens with one attached hydrogen (secondary N) is 1. The van der Waals surface area contributed by atoms with Gasteiger partial charge in [0.2, 0.25) is 0 Å². The monoisotopic (exact) mass is 370 g/mol. The number of carbonyl (C=O) groups excluding carboxylic acids is 1. The van der Waals surface area contributed by atoms with Gasteiger partial charge < -0.3 is 19.3 Å². The number of aromatic nitrogens is 1. The Morgan fingerprint density at radius 3 is 2.96 bits per heavy atom. The molecule has 134 valence electrons. The van der Waals surface area contributed by atoms with Crippen molar-refractivity contribution < 1.29 is 18.8 Å². The number of thiophene rings is 1. The van der Waals surface area contributed by atoms with Gasteiger partial charge in [0.25, 0.3) is 5.91 Å². The number of nitrogens with zero attached hydrogens (tertiary/aromatic N) is 1. The second-order valence-corrected chi connectivity index (χ2v) is 6.96. The van der Waals surface area contributed by atoms with E-state index >= 15 is 0 Å². The molecule has 2 aromatic heterocycles. The summed E-state index contributed by atoms with van der Waals surface area (Å²) in [6.07, 6.45) is 1.67. The maximum Gasteiger partial charge on any atom is 0.274 e. The van der Waals surface area contributed by atoms with Crippen molar-refractivity contribution in [2.75, 3.05) is 14.2 Å². The summed E-state index contributed by atoms with van der Waals surface area (Å²) in [6.45, 7) is 0.310. The van der Waals surface area contributed by atoms with Crippen molar-refractivity contribution in [1.29, 1.82) is 0 Å². The summed E-state index contributed by atoms with van der Waals surface area (Å²) >= 11 is 1.71. The van der Waals surface area contributed by atoms with E-state index in [1.54, 1.807) is 25.6 Å². The Balaban J connectivity index is 1.54. The van der Waals surface area contributed by atoms with Crippen molar-refractivity contribution >= 4 is 17.2 Å². The molecule has 0 unspecified atom stereocenters. The molecule has 0 aliphatic heterocycles. The molecule has 1 amide bonds. The number of aryl methyl sites for hydroxylation is 1. The molecule has 3 aromatic rings. The minimum atomic E-state index is -0.251. The first kappa shape index (κ1) is 16.7. The molecule has 0 spiro atoms. The fourth-order valence-electron chi connectivity index (χ4n) is 3.19. The van der Waals surface area contributed by atoms with E-state index in [2.05, 4.69) is 10.5 Å². The van der Waals surface area contributed by atoms with Gasteiger partial charge in [-0.25, -0.2) is 0 Å². The average molecular weight is 370 g/mol. The highest BCUT2D eigenvalue weighted by Gasteiger charge is 2.28. The third-order valence-corrected chi connectivity index (χ3v) is 5.50. The van der Waals surface area contributed by atoms with Crippen LogP contribution in [-0.4, -0.2) is 25.3 Å². The Bertz CT molecular complexity index is 960. The van der Waals surface area contributed by atoms with Crippen LogP contribution in [0.2, 0.25) is 0 Å². The van der Waals surface area contributed by atoms with E-state index < -0.39 is 0 Å². The number of amides is 1. The number of fused-ring (bicyclic) bond motifs is 3. The van der Waals surface area contributed by atoms with Gasteiger partial charge in [-0.05, 0) is 42.5 Å². The fourth-order valence-corrected chi connectivity index (χ4v) is 4.06. The lowest BCUT2D eigenvalue weighted by Crippen LogP contribution is -2.25. The Kier molecular flexibility index (Phi) is 4.38. The molecule has 1 aliphatic carbocycles. The van der Waals surface area contributed by atoms with Crippen LogP contribution in [0.5, 0.6) is 11.5 Å². The summed E-state index contributed by atoms with van der Waals surface area (Å²) in [5.41, 5.74) is 3.12. The SMILES string of the molecule is COc1ccc(OC)c(CNC(=O)c2noc3c2CCc2sccc2-3)c1. The Labute approximate surface area is 154 Å². The van der Waals surface area contributed by atoms with Crippen LogP contribution < -0.4 is 14.8 Å². The van der Waals surface area contributed by atoms with E-state index in [9.17, 15) is 4.79 Å². The van der Waals surface area contributed by atoms with E-state index in [1.807, 2.05) is 29.6 Å². The summed E-state index contributed by atoms with van der Waals surface area (Å²) in [5, 5.41) is 8.97. The lowest BCUT2D eigenvalue weighted by atomic mass is 9.95. The first-order valence-electron chi connectivity index (χ1n) is 8.25. The number of hydrogen-bond acceptors (Lipinski definition) is 6. The van der Waals surface area contributed by atoms with Gasteiger partial charge in [0, 0.05) is 28.1 Å². The third kappa shape index (κ3) is 2.84. The van der Waals surface area contributed by atoms with Crippen molar-refractivity contribution in [2.45, 2.75) is 19.4 Å². The van der Waals surface area contributed by atoms with Crippen molar-refractivity contribution in [2.24, 2.45) is 0 Å². The topological polar surface area (TPSA) is 73.6 Å². The molecule has 26 heavy (non-hydrogen) atoms. The van der Waals surface area contributed by atoms with Gasteiger partial charge in [-0.3, -0.25) is 4.79 Å². The molecule has 1 aromatic carbocycles. The number of benzene rings is 1. The molecule has 0 radical (unpaired) electrons. The second kappa shape index (κ2) is 6.84. The van der Waals surface area contributed by atoms with Crippen LogP contribution >= 0.6 is 11.3 Å². The van der Waals surface area contributed by atoms with Crippen molar-refractivity contribution in [3.63, 3.8) is 0 Å². The molecule has 2 heterocycles. The Morgan fingerprint density at radius 2 is 2.15 bits per heavy atom. The van der Waals surface area contributed by atoms with Gasteiger partial charge in [0.05, 0.1) is 14.2 Å². The highest BCUT2D eigenvalue weighted by atomic mass is 32.1. The van der Waals surface area contributed by atoms with Crippen LogP contribution in [0.4, 0.5) is 0 Å². The van der Waals surface area contributed by atoms with Crippen LogP contribution in [0.1, 0.15) is 26.5 Å². The number of hydrogen-bond donors (Lipinski definition) is 1. The molecule has 0 saturated heterocycles. The second-order valence-electron chi connectivity index (χ2n) is 5.96. The lowest BCUT2D eigenvalue weighted by Gasteiger charge is -2.12. The van der Waals surface area contributed by atoms with Gasteiger partial charge in [-0.1, -0.05) is 5.16 Å². The normalized spacial score (nSPS) is 12.2. The van der Waals surface area contributed by atoms with Crippen LogP contribution in [0.25, 0.3) is 11.3 Å². The summed E-state index contributed by atoms with van der Waals surface area (Å²) < 4.78 is 16.1. The zero-order valence-electron chi connectivity index (χ0n) is 14.5. The van der Waals surface area contributed by atoms with Crippen LogP contribution in [-0.2, 0) is 19.4 Å². The molecule has 6 nitrogen and oxygen atoms in total.